The molecule has 0 heterocycles. The van der Waals surface area contributed by atoms with Gasteiger partial charge in [0.2, 0.25) is 0 Å². The summed E-state index contributed by atoms with van der Waals surface area (Å²) in [4.78, 5) is 11.0. The molecule has 4 nitrogen and oxygen atoms in total. The second-order valence-corrected chi connectivity index (χ2v) is 5.53. The Morgan fingerprint density at radius 1 is 1.32 bits per heavy atom. The Labute approximate surface area is 120 Å². The minimum Gasteiger partial charge on any atom is -0.493 e. The van der Waals surface area contributed by atoms with Crippen LogP contribution in [-0.2, 0) is 0 Å². The lowest BCUT2D eigenvalue weighted by atomic mass is 9.98. The van der Waals surface area contributed by atoms with Crippen molar-refractivity contribution in [3.8, 4) is 11.5 Å². The molecular formula is C14H17BrO4. The minimum atomic E-state index is -0.983. The lowest BCUT2D eigenvalue weighted by molar-refractivity contribution is 0.0696. The Morgan fingerprint density at radius 3 is 2.58 bits per heavy atom. The van der Waals surface area contributed by atoms with Gasteiger partial charge < -0.3 is 14.6 Å². The zero-order valence-corrected chi connectivity index (χ0v) is 12.4. The number of halogens is 1. The number of carboxylic acid groups (broad SMARTS) is 1. The fourth-order valence-electron chi connectivity index (χ4n) is 2.31. The summed E-state index contributed by atoms with van der Waals surface area (Å²) in [5.74, 6) is 0.0694. The van der Waals surface area contributed by atoms with Crippen molar-refractivity contribution in [1.29, 1.82) is 0 Å². The van der Waals surface area contributed by atoms with Gasteiger partial charge in [0.05, 0.1) is 23.2 Å². The van der Waals surface area contributed by atoms with Gasteiger partial charge in [0.15, 0.2) is 11.5 Å². The number of benzene rings is 1. The maximum atomic E-state index is 11.0. The SMILES string of the molecule is COc1cc(C(=O)O)cc(Br)c1OC1CCCCC1. The highest BCUT2D eigenvalue weighted by atomic mass is 79.9. The lowest BCUT2D eigenvalue weighted by Gasteiger charge is -2.24. The Kier molecular flexibility index (Phi) is 4.69. The van der Waals surface area contributed by atoms with E-state index in [2.05, 4.69) is 15.9 Å². The van der Waals surface area contributed by atoms with E-state index >= 15 is 0 Å². The molecule has 0 bridgehead atoms. The van der Waals surface area contributed by atoms with Crippen molar-refractivity contribution in [1.82, 2.24) is 0 Å². The second kappa shape index (κ2) is 6.28. The molecule has 1 aliphatic carbocycles. The van der Waals surface area contributed by atoms with E-state index in [1.165, 1.54) is 32.4 Å². The van der Waals surface area contributed by atoms with Gasteiger partial charge in [-0.3, -0.25) is 0 Å². The van der Waals surface area contributed by atoms with E-state index in [1.807, 2.05) is 0 Å². The van der Waals surface area contributed by atoms with Crippen LogP contribution in [0.25, 0.3) is 0 Å². The molecule has 2 rings (SSSR count). The van der Waals surface area contributed by atoms with E-state index in [9.17, 15) is 4.79 Å². The van der Waals surface area contributed by atoms with E-state index < -0.39 is 5.97 Å². The highest BCUT2D eigenvalue weighted by Crippen LogP contribution is 2.38. The largest absolute Gasteiger partial charge is 0.493 e. The number of aromatic carboxylic acids is 1. The van der Waals surface area contributed by atoms with Gasteiger partial charge in [0.25, 0.3) is 0 Å². The number of carboxylic acids is 1. The fraction of sp³-hybridized carbons (Fsp3) is 0.500. The van der Waals surface area contributed by atoms with Crippen LogP contribution in [0.5, 0.6) is 11.5 Å². The molecule has 1 fully saturated rings. The lowest BCUT2D eigenvalue weighted by Crippen LogP contribution is -2.20. The Bertz CT molecular complexity index is 467. The van der Waals surface area contributed by atoms with Gasteiger partial charge in [-0.15, -0.1) is 0 Å². The smallest absolute Gasteiger partial charge is 0.335 e. The van der Waals surface area contributed by atoms with Crippen LogP contribution in [0, 0.1) is 0 Å². The summed E-state index contributed by atoms with van der Waals surface area (Å²) in [7, 11) is 1.52. The van der Waals surface area contributed by atoms with Gasteiger partial charge in [0, 0.05) is 0 Å². The molecule has 0 saturated heterocycles. The first-order valence-electron chi connectivity index (χ1n) is 6.39. The zero-order chi connectivity index (χ0) is 13.8. The molecule has 1 aromatic rings. The van der Waals surface area contributed by atoms with Crippen molar-refractivity contribution in [3.05, 3.63) is 22.2 Å². The molecule has 1 aromatic carbocycles. The van der Waals surface area contributed by atoms with Crippen LogP contribution in [0.3, 0.4) is 0 Å². The molecule has 0 aliphatic heterocycles. The van der Waals surface area contributed by atoms with Crippen LogP contribution < -0.4 is 9.47 Å². The van der Waals surface area contributed by atoms with E-state index in [-0.39, 0.29) is 11.7 Å². The topological polar surface area (TPSA) is 55.8 Å². The average Bonchev–Trinajstić information content (AvgIpc) is 2.41. The normalized spacial score (nSPS) is 16.1. The van der Waals surface area contributed by atoms with Gasteiger partial charge in [0.1, 0.15) is 0 Å². The predicted octanol–water partition coefficient (Wildman–Crippen LogP) is 3.87. The van der Waals surface area contributed by atoms with E-state index in [0.717, 1.165) is 12.8 Å². The molecule has 0 spiro atoms. The van der Waals surface area contributed by atoms with Gasteiger partial charge in [-0.25, -0.2) is 4.79 Å². The fourth-order valence-corrected chi connectivity index (χ4v) is 2.84. The molecule has 0 atom stereocenters. The van der Waals surface area contributed by atoms with Crippen LogP contribution in [-0.4, -0.2) is 24.3 Å². The third kappa shape index (κ3) is 3.41. The van der Waals surface area contributed by atoms with Crippen molar-refractivity contribution in [2.75, 3.05) is 7.11 Å². The van der Waals surface area contributed by atoms with Crippen molar-refractivity contribution >= 4 is 21.9 Å². The molecule has 1 saturated carbocycles. The highest BCUT2D eigenvalue weighted by molar-refractivity contribution is 9.10. The van der Waals surface area contributed by atoms with Crippen LogP contribution >= 0.6 is 15.9 Å². The van der Waals surface area contributed by atoms with Crippen molar-refractivity contribution in [2.45, 2.75) is 38.2 Å². The number of carbonyl (C=O) groups is 1. The van der Waals surface area contributed by atoms with Gasteiger partial charge in [-0.05, 0) is 53.7 Å². The maximum absolute atomic E-state index is 11.0. The van der Waals surface area contributed by atoms with E-state index in [4.69, 9.17) is 14.6 Å². The Morgan fingerprint density at radius 2 is 2.00 bits per heavy atom. The summed E-state index contributed by atoms with van der Waals surface area (Å²) in [6.07, 6.45) is 5.88. The van der Waals surface area contributed by atoms with Crippen LogP contribution in [0.1, 0.15) is 42.5 Å². The van der Waals surface area contributed by atoms with E-state index in [1.54, 1.807) is 6.07 Å². The summed E-state index contributed by atoms with van der Waals surface area (Å²) in [6.45, 7) is 0. The number of methoxy groups -OCH3 is 1. The third-order valence-corrected chi connectivity index (χ3v) is 3.90. The molecule has 1 N–H and O–H groups in total. The maximum Gasteiger partial charge on any atom is 0.335 e. The quantitative estimate of drug-likeness (QED) is 0.911. The second-order valence-electron chi connectivity index (χ2n) is 4.67. The molecule has 0 unspecified atom stereocenters. The van der Waals surface area contributed by atoms with Gasteiger partial charge >= 0.3 is 5.97 Å². The molecule has 5 heteroatoms. The first-order valence-corrected chi connectivity index (χ1v) is 7.18. The first kappa shape index (κ1) is 14.2. The number of rotatable bonds is 4. The van der Waals surface area contributed by atoms with Crippen molar-refractivity contribution in [2.24, 2.45) is 0 Å². The Hall–Kier alpha value is -1.23. The molecule has 0 aromatic heterocycles. The zero-order valence-electron chi connectivity index (χ0n) is 10.8. The van der Waals surface area contributed by atoms with Crippen molar-refractivity contribution < 1.29 is 19.4 Å². The van der Waals surface area contributed by atoms with Crippen LogP contribution in [0.4, 0.5) is 0 Å². The number of ether oxygens (including phenoxy) is 2. The summed E-state index contributed by atoms with van der Waals surface area (Å²) in [6, 6.07) is 3.04. The van der Waals surface area contributed by atoms with Gasteiger partial charge in [-0.2, -0.15) is 0 Å². The monoisotopic (exact) mass is 328 g/mol. The Balaban J connectivity index is 2.25. The van der Waals surface area contributed by atoms with E-state index in [0.29, 0.717) is 16.0 Å². The minimum absolute atomic E-state index is 0.180. The highest BCUT2D eigenvalue weighted by Gasteiger charge is 2.20. The predicted molar refractivity (Wildman–Crippen MR) is 75.2 cm³/mol. The van der Waals surface area contributed by atoms with Crippen LogP contribution in [0.15, 0.2) is 16.6 Å². The summed E-state index contributed by atoms with van der Waals surface area (Å²) >= 11 is 3.37. The number of hydrogen-bond donors (Lipinski definition) is 1. The molecule has 0 amide bonds. The summed E-state index contributed by atoms with van der Waals surface area (Å²) < 4.78 is 11.8. The summed E-state index contributed by atoms with van der Waals surface area (Å²) in [5.41, 5.74) is 0.180. The first-order chi connectivity index (χ1) is 9.11. The molecule has 104 valence electrons. The number of hydrogen-bond acceptors (Lipinski definition) is 3. The van der Waals surface area contributed by atoms with Gasteiger partial charge in [-0.1, -0.05) is 6.42 Å². The average molecular weight is 329 g/mol. The molecule has 19 heavy (non-hydrogen) atoms. The molecular weight excluding hydrogens is 312 g/mol. The van der Waals surface area contributed by atoms with Crippen molar-refractivity contribution in [3.63, 3.8) is 0 Å². The molecule has 0 radical (unpaired) electrons. The summed E-state index contributed by atoms with van der Waals surface area (Å²) in [5, 5.41) is 9.02. The van der Waals surface area contributed by atoms with Crippen LogP contribution in [0.2, 0.25) is 0 Å². The third-order valence-electron chi connectivity index (χ3n) is 3.31. The molecule has 1 aliphatic rings. The standard InChI is InChI=1S/C14H17BrO4/c1-18-12-8-9(14(16)17)7-11(15)13(12)19-10-5-3-2-4-6-10/h7-8,10H,2-6H2,1H3,(H,16,17).